The van der Waals surface area contributed by atoms with Gasteiger partial charge in [-0.3, -0.25) is 4.79 Å². The van der Waals surface area contributed by atoms with Crippen LogP contribution in [0.25, 0.3) is 0 Å². The average Bonchev–Trinajstić information content (AvgIpc) is 2.73. The predicted molar refractivity (Wildman–Crippen MR) is 115 cm³/mol. The van der Waals surface area contributed by atoms with E-state index in [0.29, 0.717) is 18.5 Å². The summed E-state index contributed by atoms with van der Waals surface area (Å²) < 4.78 is 12.9. The predicted octanol–water partition coefficient (Wildman–Crippen LogP) is 5.27. The van der Waals surface area contributed by atoms with Crippen molar-refractivity contribution in [3.63, 3.8) is 0 Å². The van der Waals surface area contributed by atoms with E-state index in [1.54, 1.807) is 12.1 Å². The fraction of sp³-hybridized carbons (Fsp3) is 0.208. The second-order valence-electron chi connectivity index (χ2n) is 6.62. The standard InChI is InChI=1S/C24H24FNOS/c25-23-11-9-20(10-12-23)13-15-26-24(27)22-8-4-7-21(17-22)18-28-16-14-19-5-2-1-3-6-19/h1-12,17H,13-16,18H2,(H,26,27). The van der Waals surface area contributed by atoms with Crippen molar-refractivity contribution in [2.75, 3.05) is 12.3 Å². The molecule has 1 N–H and O–H groups in total. The number of hydrogen-bond acceptors (Lipinski definition) is 2. The lowest BCUT2D eigenvalue weighted by molar-refractivity contribution is 0.0954. The fourth-order valence-corrected chi connectivity index (χ4v) is 3.84. The lowest BCUT2D eigenvalue weighted by Crippen LogP contribution is -2.25. The van der Waals surface area contributed by atoms with Crippen LogP contribution in [0.1, 0.15) is 27.0 Å². The summed E-state index contributed by atoms with van der Waals surface area (Å²) in [7, 11) is 0. The van der Waals surface area contributed by atoms with E-state index in [4.69, 9.17) is 0 Å². The van der Waals surface area contributed by atoms with E-state index in [1.165, 1.54) is 17.7 Å². The summed E-state index contributed by atoms with van der Waals surface area (Å²) in [5.41, 5.74) is 4.19. The van der Waals surface area contributed by atoms with Gasteiger partial charge in [0.15, 0.2) is 0 Å². The zero-order valence-electron chi connectivity index (χ0n) is 15.7. The van der Waals surface area contributed by atoms with Gasteiger partial charge in [0.1, 0.15) is 5.82 Å². The van der Waals surface area contributed by atoms with Gasteiger partial charge in [0.05, 0.1) is 0 Å². The van der Waals surface area contributed by atoms with E-state index in [1.807, 2.05) is 36.0 Å². The molecule has 0 bridgehead atoms. The zero-order valence-corrected chi connectivity index (χ0v) is 16.6. The Balaban J connectivity index is 1.42. The number of benzene rings is 3. The molecule has 0 radical (unpaired) electrons. The quantitative estimate of drug-likeness (QED) is 0.502. The van der Waals surface area contributed by atoms with Gasteiger partial charge in [0.2, 0.25) is 0 Å². The van der Waals surface area contributed by atoms with Crippen molar-refractivity contribution in [3.05, 3.63) is 107 Å². The third-order valence-electron chi connectivity index (χ3n) is 4.45. The van der Waals surface area contributed by atoms with E-state index in [0.717, 1.165) is 29.1 Å². The second kappa shape index (κ2) is 10.7. The van der Waals surface area contributed by atoms with E-state index in [2.05, 4.69) is 35.6 Å². The maximum atomic E-state index is 12.9. The molecule has 3 aromatic rings. The Morgan fingerprint density at radius 3 is 2.32 bits per heavy atom. The number of carbonyl (C=O) groups is 1. The van der Waals surface area contributed by atoms with Gasteiger partial charge in [-0.25, -0.2) is 4.39 Å². The third-order valence-corrected chi connectivity index (χ3v) is 5.48. The molecule has 1 amide bonds. The first-order valence-corrected chi connectivity index (χ1v) is 10.6. The molecule has 3 rings (SSSR count). The van der Waals surface area contributed by atoms with Crippen LogP contribution < -0.4 is 5.32 Å². The zero-order chi connectivity index (χ0) is 19.6. The van der Waals surface area contributed by atoms with Gasteiger partial charge in [0, 0.05) is 17.9 Å². The molecule has 144 valence electrons. The Labute approximate surface area is 170 Å². The molecule has 0 aliphatic carbocycles. The molecule has 4 heteroatoms. The molecule has 0 heterocycles. The van der Waals surface area contributed by atoms with Crippen LogP contribution in [-0.2, 0) is 18.6 Å². The van der Waals surface area contributed by atoms with Crippen LogP contribution in [0.4, 0.5) is 4.39 Å². The highest BCUT2D eigenvalue weighted by atomic mass is 32.2. The lowest BCUT2D eigenvalue weighted by atomic mass is 10.1. The van der Waals surface area contributed by atoms with Crippen molar-refractivity contribution in [3.8, 4) is 0 Å². The molecule has 0 saturated heterocycles. The molecule has 0 aromatic heterocycles. The van der Waals surface area contributed by atoms with Crippen LogP contribution in [0.2, 0.25) is 0 Å². The molecule has 0 aliphatic rings. The van der Waals surface area contributed by atoms with Crippen molar-refractivity contribution in [1.82, 2.24) is 5.32 Å². The van der Waals surface area contributed by atoms with Gasteiger partial charge in [-0.2, -0.15) is 11.8 Å². The van der Waals surface area contributed by atoms with Gasteiger partial charge in [0.25, 0.3) is 5.91 Å². The number of rotatable bonds is 9. The van der Waals surface area contributed by atoms with Gasteiger partial charge < -0.3 is 5.32 Å². The van der Waals surface area contributed by atoms with Crippen LogP contribution in [0, 0.1) is 5.82 Å². The number of nitrogens with one attached hydrogen (secondary N) is 1. The Morgan fingerprint density at radius 1 is 0.821 bits per heavy atom. The van der Waals surface area contributed by atoms with E-state index in [9.17, 15) is 9.18 Å². The molecule has 0 unspecified atom stereocenters. The van der Waals surface area contributed by atoms with Crippen LogP contribution in [0.5, 0.6) is 0 Å². The molecule has 2 nitrogen and oxygen atoms in total. The number of halogens is 1. The first-order valence-electron chi connectivity index (χ1n) is 9.44. The SMILES string of the molecule is O=C(NCCc1ccc(F)cc1)c1cccc(CSCCc2ccccc2)c1. The first-order chi connectivity index (χ1) is 13.7. The average molecular weight is 394 g/mol. The van der Waals surface area contributed by atoms with Crippen LogP contribution in [-0.4, -0.2) is 18.2 Å². The van der Waals surface area contributed by atoms with Crippen molar-refractivity contribution < 1.29 is 9.18 Å². The first kappa shape index (κ1) is 20.2. The Morgan fingerprint density at radius 2 is 1.54 bits per heavy atom. The van der Waals surface area contributed by atoms with E-state index < -0.39 is 0 Å². The molecular weight excluding hydrogens is 369 g/mol. The molecule has 0 atom stereocenters. The van der Waals surface area contributed by atoms with Crippen LogP contribution in [0.15, 0.2) is 78.9 Å². The molecule has 0 fully saturated rings. The van der Waals surface area contributed by atoms with Gasteiger partial charge >= 0.3 is 0 Å². The Bertz CT molecular complexity index is 881. The largest absolute Gasteiger partial charge is 0.352 e. The summed E-state index contributed by atoms with van der Waals surface area (Å²) >= 11 is 1.88. The monoisotopic (exact) mass is 393 g/mol. The topological polar surface area (TPSA) is 29.1 Å². The highest BCUT2D eigenvalue weighted by molar-refractivity contribution is 7.98. The highest BCUT2D eigenvalue weighted by Gasteiger charge is 2.06. The number of carbonyl (C=O) groups excluding carboxylic acids is 1. The van der Waals surface area contributed by atoms with Crippen LogP contribution in [0.3, 0.4) is 0 Å². The Hall–Kier alpha value is -2.59. The highest BCUT2D eigenvalue weighted by Crippen LogP contribution is 2.15. The Kier molecular flexibility index (Phi) is 7.68. The molecule has 28 heavy (non-hydrogen) atoms. The van der Waals surface area contributed by atoms with Crippen molar-refractivity contribution in [1.29, 1.82) is 0 Å². The normalized spacial score (nSPS) is 10.6. The number of thioether (sulfide) groups is 1. The van der Waals surface area contributed by atoms with Gasteiger partial charge in [-0.1, -0.05) is 54.6 Å². The van der Waals surface area contributed by atoms with Crippen molar-refractivity contribution in [2.45, 2.75) is 18.6 Å². The summed E-state index contributed by atoms with van der Waals surface area (Å²) in [6, 6.07) is 24.6. The maximum Gasteiger partial charge on any atom is 0.251 e. The summed E-state index contributed by atoms with van der Waals surface area (Å²) in [5, 5.41) is 2.94. The number of amides is 1. The number of hydrogen-bond donors (Lipinski definition) is 1. The maximum absolute atomic E-state index is 12.9. The van der Waals surface area contributed by atoms with E-state index >= 15 is 0 Å². The van der Waals surface area contributed by atoms with Crippen molar-refractivity contribution in [2.24, 2.45) is 0 Å². The van der Waals surface area contributed by atoms with Crippen LogP contribution >= 0.6 is 11.8 Å². The summed E-state index contributed by atoms with van der Waals surface area (Å²) in [6.07, 6.45) is 1.73. The smallest absolute Gasteiger partial charge is 0.251 e. The third kappa shape index (κ3) is 6.54. The van der Waals surface area contributed by atoms with Gasteiger partial charge in [-0.15, -0.1) is 0 Å². The summed E-state index contributed by atoms with van der Waals surface area (Å²) in [4.78, 5) is 12.4. The molecule has 0 spiro atoms. The van der Waals surface area contributed by atoms with E-state index in [-0.39, 0.29) is 11.7 Å². The minimum absolute atomic E-state index is 0.0711. The minimum Gasteiger partial charge on any atom is -0.352 e. The van der Waals surface area contributed by atoms with Gasteiger partial charge in [-0.05, 0) is 59.6 Å². The lowest BCUT2D eigenvalue weighted by Gasteiger charge is -2.08. The summed E-state index contributed by atoms with van der Waals surface area (Å²) in [6.45, 7) is 0.528. The molecule has 0 saturated carbocycles. The summed E-state index contributed by atoms with van der Waals surface area (Å²) in [5.74, 6) is 1.63. The fourth-order valence-electron chi connectivity index (χ4n) is 2.90. The number of aryl methyl sites for hydroxylation is 1. The molecular formula is C24H24FNOS. The second-order valence-corrected chi connectivity index (χ2v) is 7.73. The molecule has 3 aromatic carbocycles. The van der Waals surface area contributed by atoms with Crippen molar-refractivity contribution >= 4 is 17.7 Å². The minimum atomic E-state index is -0.244. The molecule has 0 aliphatic heterocycles.